The third-order valence-corrected chi connectivity index (χ3v) is 4.02. The summed E-state index contributed by atoms with van der Waals surface area (Å²) >= 11 is 0. The van der Waals surface area contributed by atoms with Crippen LogP contribution in [0.1, 0.15) is 36.3 Å². The molecule has 3 rings (SSSR count). The maximum atomic E-state index is 5.62. The van der Waals surface area contributed by atoms with Crippen LogP contribution in [0.25, 0.3) is 0 Å². The van der Waals surface area contributed by atoms with Crippen LogP contribution < -0.4 is 5.32 Å². The van der Waals surface area contributed by atoms with Crippen molar-refractivity contribution in [1.82, 2.24) is 5.32 Å². The molecule has 2 aliphatic rings. The molecule has 0 radical (unpaired) electrons. The van der Waals surface area contributed by atoms with Gasteiger partial charge in [0.1, 0.15) is 0 Å². The summed E-state index contributed by atoms with van der Waals surface area (Å²) in [5.41, 5.74) is 3.09. The first-order valence-corrected chi connectivity index (χ1v) is 6.83. The van der Waals surface area contributed by atoms with Crippen LogP contribution in [0.15, 0.2) is 24.3 Å². The lowest BCUT2D eigenvalue weighted by molar-refractivity contribution is 0.104. The number of fused-ring (bicyclic) bond motifs is 1. The Bertz CT molecular complexity index is 371. The number of rotatable bonds is 5. The quantitative estimate of drug-likeness (QED) is 0.786. The van der Waals surface area contributed by atoms with Crippen molar-refractivity contribution < 1.29 is 4.74 Å². The van der Waals surface area contributed by atoms with Crippen molar-refractivity contribution in [1.29, 1.82) is 0 Å². The maximum Gasteiger partial charge on any atom is 0.0588 e. The van der Waals surface area contributed by atoms with E-state index in [0.29, 0.717) is 6.10 Å². The largest absolute Gasteiger partial charge is 0.378 e. The molecule has 1 aromatic rings. The zero-order chi connectivity index (χ0) is 11.5. The van der Waals surface area contributed by atoms with Crippen LogP contribution >= 0.6 is 0 Å². The molecule has 17 heavy (non-hydrogen) atoms. The van der Waals surface area contributed by atoms with E-state index in [1.807, 2.05) is 0 Å². The van der Waals surface area contributed by atoms with Gasteiger partial charge in [-0.3, -0.25) is 0 Å². The summed E-state index contributed by atoms with van der Waals surface area (Å²) in [5, 5.41) is 3.58. The fourth-order valence-electron chi connectivity index (χ4n) is 2.96. The zero-order valence-corrected chi connectivity index (χ0v) is 10.3. The minimum Gasteiger partial charge on any atom is -0.378 e. The lowest BCUT2D eigenvalue weighted by Gasteiger charge is -2.30. The van der Waals surface area contributed by atoms with Gasteiger partial charge in [-0.1, -0.05) is 24.3 Å². The Labute approximate surface area is 103 Å². The summed E-state index contributed by atoms with van der Waals surface area (Å²) in [6.45, 7) is 3.20. The minimum atomic E-state index is 0.524. The molecule has 0 bridgehead atoms. The highest BCUT2D eigenvalue weighted by Crippen LogP contribution is 2.33. The minimum absolute atomic E-state index is 0.524. The van der Waals surface area contributed by atoms with E-state index >= 15 is 0 Å². The molecule has 1 saturated heterocycles. The predicted octanol–water partition coefficient (Wildman–Crippen LogP) is 2.49. The smallest absolute Gasteiger partial charge is 0.0588 e. The van der Waals surface area contributed by atoms with E-state index in [4.69, 9.17) is 4.74 Å². The van der Waals surface area contributed by atoms with Crippen LogP contribution in [0.3, 0.4) is 0 Å². The molecule has 2 nitrogen and oxygen atoms in total. The van der Waals surface area contributed by atoms with Crippen LogP contribution in [0, 0.1) is 0 Å². The van der Waals surface area contributed by atoms with Crippen LogP contribution in [0.2, 0.25) is 0 Å². The highest BCUT2D eigenvalue weighted by Gasteiger charge is 2.24. The highest BCUT2D eigenvalue weighted by molar-refractivity contribution is 5.40. The first-order chi connectivity index (χ1) is 8.43. The van der Waals surface area contributed by atoms with Crippen molar-refractivity contribution >= 4 is 0 Å². The standard InChI is InChI=1S/C15H21NO/c1-2-6-15-12(4-1)10-13(15)11-16-8-7-14-5-3-9-17-14/h1-2,4,6,13-14,16H,3,5,7-11H2. The first kappa shape index (κ1) is 11.2. The van der Waals surface area contributed by atoms with Gasteiger partial charge in [0.05, 0.1) is 6.10 Å². The van der Waals surface area contributed by atoms with Crippen LogP contribution in [0.4, 0.5) is 0 Å². The second-order valence-electron chi connectivity index (χ2n) is 5.23. The van der Waals surface area contributed by atoms with Gasteiger partial charge < -0.3 is 10.1 Å². The number of nitrogens with one attached hydrogen (secondary N) is 1. The Morgan fingerprint density at radius 3 is 3.06 bits per heavy atom. The van der Waals surface area contributed by atoms with E-state index in [2.05, 4.69) is 29.6 Å². The van der Waals surface area contributed by atoms with Gasteiger partial charge in [0.2, 0.25) is 0 Å². The van der Waals surface area contributed by atoms with Gasteiger partial charge in [0.15, 0.2) is 0 Å². The summed E-state index contributed by atoms with van der Waals surface area (Å²) in [6, 6.07) is 8.81. The van der Waals surface area contributed by atoms with Crippen molar-refractivity contribution in [3.8, 4) is 0 Å². The fourth-order valence-corrected chi connectivity index (χ4v) is 2.96. The summed E-state index contributed by atoms with van der Waals surface area (Å²) in [6.07, 6.45) is 5.46. The normalized spacial score (nSPS) is 26.6. The number of benzene rings is 1. The second kappa shape index (κ2) is 5.19. The van der Waals surface area contributed by atoms with Crippen molar-refractivity contribution in [3.05, 3.63) is 35.4 Å². The number of hydrogen-bond acceptors (Lipinski definition) is 2. The van der Waals surface area contributed by atoms with Crippen molar-refractivity contribution in [3.63, 3.8) is 0 Å². The third-order valence-electron chi connectivity index (χ3n) is 4.02. The molecule has 1 aliphatic heterocycles. The Morgan fingerprint density at radius 1 is 1.29 bits per heavy atom. The molecule has 1 aliphatic carbocycles. The predicted molar refractivity (Wildman–Crippen MR) is 69.3 cm³/mol. The highest BCUT2D eigenvalue weighted by atomic mass is 16.5. The molecule has 1 heterocycles. The Kier molecular flexibility index (Phi) is 3.44. The molecule has 0 aromatic heterocycles. The monoisotopic (exact) mass is 231 g/mol. The van der Waals surface area contributed by atoms with Gasteiger partial charge in [-0.05, 0) is 43.4 Å². The molecule has 2 atom stereocenters. The Balaban J connectivity index is 1.36. The Hall–Kier alpha value is -0.860. The van der Waals surface area contributed by atoms with Crippen molar-refractivity contribution in [2.45, 2.75) is 37.7 Å². The molecule has 1 fully saturated rings. The van der Waals surface area contributed by atoms with E-state index in [9.17, 15) is 0 Å². The lowest BCUT2D eigenvalue weighted by Crippen LogP contribution is -2.30. The summed E-state index contributed by atoms with van der Waals surface area (Å²) in [4.78, 5) is 0. The van der Waals surface area contributed by atoms with E-state index in [0.717, 1.165) is 25.6 Å². The van der Waals surface area contributed by atoms with E-state index in [1.54, 1.807) is 11.1 Å². The van der Waals surface area contributed by atoms with Crippen molar-refractivity contribution in [2.75, 3.05) is 19.7 Å². The molecule has 2 heteroatoms. The molecular formula is C15H21NO. The van der Waals surface area contributed by atoms with E-state index in [-0.39, 0.29) is 0 Å². The lowest BCUT2D eigenvalue weighted by atomic mass is 9.77. The molecular weight excluding hydrogens is 210 g/mol. The summed E-state index contributed by atoms with van der Waals surface area (Å²) in [5.74, 6) is 0.746. The van der Waals surface area contributed by atoms with E-state index in [1.165, 1.54) is 25.7 Å². The van der Waals surface area contributed by atoms with Crippen LogP contribution in [0.5, 0.6) is 0 Å². The maximum absolute atomic E-state index is 5.62. The number of hydrogen-bond donors (Lipinski definition) is 1. The third kappa shape index (κ3) is 2.53. The van der Waals surface area contributed by atoms with Gasteiger partial charge >= 0.3 is 0 Å². The van der Waals surface area contributed by atoms with Crippen LogP contribution in [-0.2, 0) is 11.2 Å². The van der Waals surface area contributed by atoms with Gasteiger partial charge in [0.25, 0.3) is 0 Å². The molecule has 1 N–H and O–H groups in total. The van der Waals surface area contributed by atoms with Gasteiger partial charge in [-0.25, -0.2) is 0 Å². The van der Waals surface area contributed by atoms with Crippen molar-refractivity contribution in [2.24, 2.45) is 0 Å². The molecule has 0 amide bonds. The van der Waals surface area contributed by atoms with Gasteiger partial charge in [0, 0.05) is 19.1 Å². The Morgan fingerprint density at radius 2 is 2.24 bits per heavy atom. The molecule has 0 spiro atoms. The second-order valence-corrected chi connectivity index (χ2v) is 5.23. The molecule has 0 saturated carbocycles. The van der Waals surface area contributed by atoms with Gasteiger partial charge in [-0.15, -0.1) is 0 Å². The number of ether oxygens (including phenoxy) is 1. The van der Waals surface area contributed by atoms with Crippen LogP contribution in [-0.4, -0.2) is 25.8 Å². The summed E-state index contributed by atoms with van der Waals surface area (Å²) < 4.78 is 5.62. The topological polar surface area (TPSA) is 21.3 Å². The fraction of sp³-hybridized carbons (Fsp3) is 0.600. The average Bonchev–Trinajstić information content (AvgIpc) is 2.82. The van der Waals surface area contributed by atoms with E-state index < -0.39 is 0 Å². The summed E-state index contributed by atoms with van der Waals surface area (Å²) in [7, 11) is 0. The average molecular weight is 231 g/mol. The first-order valence-electron chi connectivity index (χ1n) is 6.83. The molecule has 2 unspecified atom stereocenters. The SMILES string of the molecule is c1ccc2c(c1)CC2CNCCC1CCCO1. The molecule has 92 valence electrons. The van der Waals surface area contributed by atoms with Gasteiger partial charge in [-0.2, -0.15) is 0 Å². The zero-order valence-electron chi connectivity index (χ0n) is 10.3. The molecule has 1 aromatic carbocycles.